The topological polar surface area (TPSA) is 94.9 Å². The van der Waals surface area contributed by atoms with Crippen molar-refractivity contribution in [3.8, 4) is 17.0 Å². The molecule has 166 valence electrons. The van der Waals surface area contributed by atoms with E-state index in [0.29, 0.717) is 22.6 Å². The summed E-state index contributed by atoms with van der Waals surface area (Å²) < 4.78 is 9.51. The van der Waals surface area contributed by atoms with Crippen LogP contribution in [-0.4, -0.2) is 36.8 Å². The van der Waals surface area contributed by atoms with Gasteiger partial charge in [-0.05, 0) is 43.7 Å². The number of para-hydroxylation sites is 2. The molecule has 1 N–H and O–H groups in total. The molecule has 0 atom stereocenters. The second-order valence-corrected chi connectivity index (χ2v) is 7.86. The maximum atomic E-state index is 12.9. The van der Waals surface area contributed by atoms with Crippen molar-refractivity contribution in [2.45, 2.75) is 20.4 Å². The van der Waals surface area contributed by atoms with Crippen LogP contribution in [0.1, 0.15) is 11.1 Å². The van der Waals surface area contributed by atoms with Crippen LogP contribution in [0.4, 0.5) is 5.69 Å². The third-order valence-electron chi connectivity index (χ3n) is 5.54. The highest BCUT2D eigenvalue weighted by Gasteiger charge is 2.16. The minimum Gasteiger partial charge on any atom is -0.495 e. The fourth-order valence-electron chi connectivity index (χ4n) is 3.85. The van der Waals surface area contributed by atoms with Gasteiger partial charge < -0.3 is 10.1 Å². The summed E-state index contributed by atoms with van der Waals surface area (Å²) in [6.07, 6.45) is 3.31. The van der Waals surface area contributed by atoms with Gasteiger partial charge in [-0.25, -0.2) is 18.4 Å². The molecule has 0 fully saturated rings. The molecule has 3 heterocycles. The Morgan fingerprint density at radius 2 is 1.88 bits per heavy atom. The van der Waals surface area contributed by atoms with E-state index in [2.05, 4.69) is 33.7 Å². The summed E-state index contributed by atoms with van der Waals surface area (Å²) in [6, 6.07) is 15.2. The Kier molecular flexibility index (Phi) is 4.93. The number of aryl methyl sites for hydroxylation is 2. The van der Waals surface area contributed by atoms with E-state index in [1.807, 2.05) is 26.0 Å². The van der Waals surface area contributed by atoms with Gasteiger partial charge in [0, 0.05) is 18.0 Å². The van der Waals surface area contributed by atoms with Gasteiger partial charge >= 0.3 is 5.69 Å². The number of carbonyl (C=O) groups is 1. The number of nitrogens with one attached hydrogen (secondary N) is 1. The molecule has 0 aliphatic carbocycles. The molecule has 9 heteroatoms. The minimum atomic E-state index is -0.405. The van der Waals surface area contributed by atoms with E-state index in [1.165, 1.54) is 11.5 Å². The van der Waals surface area contributed by atoms with Crippen LogP contribution < -0.4 is 15.7 Å². The summed E-state index contributed by atoms with van der Waals surface area (Å²) in [4.78, 5) is 25.5. The molecule has 0 aliphatic rings. The molecular weight excluding hydrogens is 420 g/mol. The molecule has 0 radical (unpaired) electrons. The lowest BCUT2D eigenvalue weighted by Gasteiger charge is -2.09. The van der Waals surface area contributed by atoms with E-state index in [-0.39, 0.29) is 12.5 Å². The number of benzene rings is 2. The first-order chi connectivity index (χ1) is 15.9. The highest BCUT2D eigenvalue weighted by atomic mass is 16.5. The monoisotopic (exact) mass is 442 g/mol. The van der Waals surface area contributed by atoms with Crippen LogP contribution in [0.2, 0.25) is 0 Å². The summed E-state index contributed by atoms with van der Waals surface area (Å²) in [5.74, 6) is 0.152. The highest BCUT2D eigenvalue weighted by molar-refractivity contribution is 5.92. The molecule has 0 unspecified atom stereocenters. The molecule has 3 aromatic heterocycles. The normalized spacial score (nSPS) is 11.2. The summed E-state index contributed by atoms with van der Waals surface area (Å²) in [6.45, 7) is 3.84. The molecule has 5 aromatic rings. The van der Waals surface area contributed by atoms with Gasteiger partial charge in [0.2, 0.25) is 5.91 Å². The van der Waals surface area contributed by atoms with Crippen LogP contribution in [0.25, 0.3) is 22.4 Å². The van der Waals surface area contributed by atoms with Crippen molar-refractivity contribution < 1.29 is 9.53 Å². The van der Waals surface area contributed by atoms with Crippen molar-refractivity contribution in [2.75, 3.05) is 12.4 Å². The Hall–Kier alpha value is -4.40. The Bertz CT molecular complexity index is 1580. The van der Waals surface area contributed by atoms with Crippen LogP contribution in [0.3, 0.4) is 0 Å². The van der Waals surface area contributed by atoms with E-state index in [4.69, 9.17) is 4.74 Å². The number of amides is 1. The van der Waals surface area contributed by atoms with Gasteiger partial charge in [0.05, 0.1) is 18.5 Å². The number of carbonyl (C=O) groups excluding carboxylic acids is 1. The first-order valence-corrected chi connectivity index (χ1v) is 10.4. The number of anilines is 1. The van der Waals surface area contributed by atoms with E-state index < -0.39 is 5.69 Å². The summed E-state index contributed by atoms with van der Waals surface area (Å²) >= 11 is 0. The Morgan fingerprint density at radius 3 is 2.70 bits per heavy atom. The largest absolute Gasteiger partial charge is 0.495 e. The van der Waals surface area contributed by atoms with Gasteiger partial charge in [0.1, 0.15) is 17.8 Å². The maximum absolute atomic E-state index is 12.9. The van der Waals surface area contributed by atoms with Gasteiger partial charge in [0.15, 0.2) is 5.65 Å². The summed E-state index contributed by atoms with van der Waals surface area (Å²) in [7, 11) is 1.53. The van der Waals surface area contributed by atoms with E-state index >= 15 is 0 Å². The average Bonchev–Trinajstić information content (AvgIpc) is 3.37. The predicted molar refractivity (Wildman–Crippen MR) is 125 cm³/mol. The zero-order valence-electron chi connectivity index (χ0n) is 18.4. The smallest absolute Gasteiger partial charge is 0.350 e. The summed E-state index contributed by atoms with van der Waals surface area (Å²) in [5, 5.41) is 11.9. The second kappa shape index (κ2) is 7.94. The number of hydrogen-bond donors (Lipinski definition) is 1. The van der Waals surface area contributed by atoms with Gasteiger partial charge in [-0.1, -0.05) is 29.8 Å². The van der Waals surface area contributed by atoms with Crippen molar-refractivity contribution in [2.24, 2.45) is 0 Å². The average molecular weight is 442 g/mol. The maximum Gasteiger partial charge on any atom is 0.350 e. The molecule has 0 spiro atoms. The molecule has 33 heavy (non-hydrogen) atoms. The third kappa shape index (κ3) is 3.63. The Morgan fingerprint density at radius 1 is 1.06 bits per heavy atom. The number of nitrogens with zero attached hydrogens (tertiary/aromatic N) is 5. The van der Waals surface area contributed by atoms with Crippen molar-refractivity contribution in [1.82, 2.24) is 23.8 Å². The third-order valence-corrected chi connectivity index (χ3v) is 5.54. The molecule has 9 nitrogen and oxygen atoms in total. The Balaban J connectivity index is 1.51. The van der Waals surface area contributed by atoms with E-state index in [9.17, 15) is 9.59 Å². The zero-order chi connectivity index (χ0) is 23.1. The lowest BCUT2D eigenvalue weighted by molar-refractivity contribution is -0.117. The van der Waals surface area contributed by atoms with Gasteiger partial charge in [-0.2, -0.15) is 5.10 Å². The van der Waals surface area contributed by atoms with Crippen LogP contribution in [0, 0.1) is 13.8 Å². The van der Waals surface area contributed by atoms with Crippen LogP contribution in [-0.2, 0) is 11.3 Å². The molecule has 0 aliphatic heterocycles. The molecule has 0 bridgehead atoms. The number of hydrogen-bond acceptors (Lipinski definition) is 5. The predicted octanol–water partition coefficient (Wildman–Crippen LogP) is 3.07. The quantitative estimate of drug-likeness (QED) is 0.451. The molecule has 1 amide bonds. The number of ether oxygens (including phenoxy) is 1. The lowest BCUT2D eigenvalue weighted by Crippen LogP contribution is -2.28. The van der Waals surface area contributed by atoms with E-state index in [1.54, 1.807) is 35.1 Å². The first kappa shape index (κ1) is 20.5. The molecular formula is C24H22N6O3. The van der Waals surface area contributed by atoms with Gasteiger partial charge in [0.25, 0.3) is 0 Å². The van der Waals surface area contributed by atoms with Gasteiger partial charge in [-0.15, -0.1) is 5.10 Å². The molecule has 0 saturated carbocycles. The zero-order valence-corrected chi connectivity index (χ0v) is 18.4. The fraction of sp³-hybridized carbons (Fsp3) is 0.167. The molecule has 0 saturated heterocycles. The SMILES string of the molecule is COc1ccccc1NC(=O)Cn1nc2c3cc(-c4cc(C)ccc4C)nn3ccn2c1=O. The fourth-order valence-corrected chi connectivity index (χ4v) is 3.85. The first-order valence-electron chi connectivity index (χ1n) is 10.4. The van der Waals surface area contributed by atoms with Crippen LogP contribution in [0.15, 0.2) is 65.7 Å². The number of aromatic nitrogens is 5. The molecule has 5 rings (SSSR count). The van der Waals surface area contributed by atoms with E-state index in [0.717, 1.165) is 27.1 Å². The number of rotatable bonds is 5. The van der Waals surface area contributed by atoms with Crippen LogP contribution in [0.5, 0.6) is 5.75 Å². The number of methoxy groups -OCH3 is 1. The Labute approximate surface area is 188 Å². The number of fused-ring (bicyclic) bond motifs is 3. The van der Waals surface area contributed by atoms with Crippen LogP contribution >= 0.6 is 0 Å². The highest BCUT2D eigenvalue weighted by Crippen LogP contribution is 2.26. The lowest BCUT2D eigenvalue weighted by atomic mass is 10.0. The second-order valence-electron chi connectivity index (χ2n) is 7.86. The standard InChI is InChI=1S/C24H22N6O3/c1-15-8-9-16(2)17(12-15)19-13-20-23-27-30(24(32)28(23)10-11-29(20)26-19)14-22(31)25-18-6-4-5-7-21(18)33-3/h4-13H,14H2,1-3H3,(H,25,31). The summed E-state index contributed by atoms with van der Waals surface area (Å²) in [5.41, 5.74) is 5.28. The molecule has 2 aromatic carbocycles. The van der Waals surface area contributed by atoms with Crippen molar-refractivity contribution in [3.05, 3.63) is 82.5 Å². The van der Waals surface area contributed by atoms with Crippen molar-refractivity contribution >= 4 is 22.8 Å². The van der Waals surface area contributed by atoms with Crippen molar-refractivity contribution in [3.63, 3.8) is 0 Å². The van der Waals surface area contributed by atoms with Crippen molar-refractivity contribution in [1.29, 1.82) is 0 Å². The van der Waals surface area contributed by atoms with Gasteiger partial charge in [-0.3, -0.25) is 4.79 Å². The minimum absolute atomic E-state index is 0.233.